The van der Waals surface area contributed by atoms with Gasteiger partial charge in [0.2, 0.25) is 0 Å². The van der Waals surface area contributed by atoms with E-state index in [1.807, 2.05) is 30.3 Å². The third kappa shape index (κ3) is 10.0. The number of hydrogen-bond donors (Lipinski definition) is 2. The summed E-state index contributed by atoms with van der Waals surface area (Å²) < 4.78 is 9.94. The Morgan fingerprint density at radius 3 is 2.13 bits per heavy atom. The molecular formula is C22H26N4O5. The van der Waals surface area contributed by atoms with Gasteiger partial charge in [0.1, 0.15) is 5.60 Å². The summed E-state index contributed by atoms with van der Waals surface area (Å²) in [7, 11) is 0. The first kappa shape index (κ1) is 23.5. The number of nitrogens with one attached hydrogen (secondary N) is 2. The minimum Gasteiger partial charge on any atom is -0.456 e. The van der Waals surface area contributed by atoms with Crippen LogP contribution in [0.4, 0.5) is 21.9 Å². The molecule has 0 aliphatic heterocycles. The molecule has 0 heterocycles. The lowest BCUT2D eigenvalue weighted by molar-refractivity contribution is -0.147. The number of esters is 1. The van der Waals surface area contributed by atoms with Crippen molar-refractivity contribution in [3.63, 3.8) is 0 Å². The van der Waals surface area contributed by atoms with Crippen molar-refractivity contribution >= 4 is 35.0 Å². The first-order valence-corrected chi connectivity index (χ1v) is 9.70. The van der Waals surface area contributed by atoms with Crippen molar-refractivity contribution in [2.75, 3.05) is 18.5 Å². The fraction of sp³-hybridized carbons (Fsp3) is 0.318. The number of rotatable bonds is 8. The summed E-state index contributed by atoms with van der Waals surface area (Å²) in [5.41, 5.74) is 1.28. The first-order valence-electron chi connectivity index (χ1n) is 9.70. The summed E-state index contributed by atoms with van der Waals surface area (Å²) >= 11 is 0. The Morgan fingerprint density at radius 2 is 1.52 bits per heavy atom. The van der Waals surface area contributed by atoms with Gasteiger partial charge in [0.25, 0.3) is 5.91 Å². The number of alkyl carbamates (subject to hydrolysis) is 1. The van der Waals surface area contributed by atoms with Crippen LogP contribution in [0.3, 0.4) is 0 Å². The van der Waals surface area contributed by atoms with Crippen molar-refractivity contribution in [3.05, 3.63) is 54.6 Å². The summed E-state index contributed by atoms with van der Waals surface area (Å²) in [5.74, 6) is -1.09. The highest BCUT2D eigenvalue weighted by molar-refractivity contribution is 5.92. The van der Waals surface area contributed by atoms with E-state index < -0.39 is 30.2 Å². The first-order chi connectivity index (χ1) is 14.7. The number of nitrogens with zero attached hydrogens (tertiary/aromatic N) is 2. The van der Waals surface area contributed by atoms with Gasteiger partial charge in [0.15, 0.2) is 6.61 Å². The van der Waals surface area contributed by atoms with Gasteiger partial charge < -0.3 is 20.1 Å². The van der Waals surface area contributed by atoms with Crippen LogP contribution in [0.1, 0.15) is 27.2 Å². The third-order valence-corrected chi connectivity index (χ3v) is 3.55. The van der Waals surface area contributed by atoms with Crippen LogP contribution in [-0.4, -0.2) is 36.7 Å². The van der Waals surface area contributed by atoms with E-state index in [0.717, 1.165) is 5.69 Å². The maximum Gasteiger partial charge on any atom is 0.407 e. The summed E-state index contributed by atoms with van der Waals surface area (Å²) in [6.07, 6.45) is -0.696. The molecule has 2 aromatic rings. The van der Waals surface area contributed by atoms with Crippen molar-refractivity contribution in [1.29, 1.82) is 0 Å². The molecule has 9 nitrogen and oxygen atoms in total. The minimum absolute atomic E-state index is 0.0500. The maximum atomic E-state index is 11.9. The number of anilines is 1. The number of benzene rings is 2. The number of azo groups is 1. The fourth-order valence-electron chi connectivity index (χ4n) is 2.22. The topological polar surface area (TPSA) is 118 Å². The Hall–Kier alpha value is -3.75. The van der Waals surface area contributed by atoms with Gasteiger partial charge >= 0.3 is 12.1 Å². The quantitative estimate of drug-likeness (QED) is 0.476. The largest absolute Gasteiger partial charge is 0.456 e. The molecule has 0 bridgehead atoms. The molecule has 31 heavy (non-hydrogen) atoms. The van der Waals surface area contributed by atoms with E-state index in [4.69, 9.17) is 9.47 Å². The molecule has 0 radical (unpaired) electrons. The summed E-state index contributed by atoms with van der Waals surface area (Å²) in [6, 6.07) is 16.1. The molecule has 0 fully saturated rings. The number of amides is 2. The highest BCUT2D eigenvalue weighted by Crippen LogP contribution is 2.20. The van der Waals surface area contributed by atoms with Gasteiger partial charge in [0.05, 0.1) is 17.8 Å². The zero-order valence-corrected chi connectivity index (χ0v) is 17.8. The average molecular weight is 426 g/mol. The third-order valence-electron chi connectivity index (χ3n) is 3.55. The lowest BCUT2D eigenvalue weighted by Crippen LogP contribution is -2.34. The predicted molar refractivity (Wildman–Crippen MR) is 116 cm³/mol. The lowest BCUT2D eigenvalue weighted by Gasteiger charge is -2.19. The summed E-state index contributed by atoms with van der Waals surface area (Å²) in [6.45, 7) is 4.83. The molecule has 0 aliphatic rings. The van der Waals surface area contributed by atoms with Gasteiger partial charge in [-0.05, 0) is 57.2 Å². The Morgan fingerprint density at radius 1 is 0.903 bits per heavy atom. The van der Waals surface area contributed by atoms with Crippen LogP contribution in [0.5, 0.6) is 0 Å². The Kier molecular flexibility index (Phi) is 8.68. The average Bonchev–Trinajstić information content (AvgIpc) is 2.71. The van der Waals surface area contributed by atoms with Gasteiger partial charge in [-0.2, -0.15) is 10.2 Å². The van der Waals surface area contributed by atoms with E-state index in [2.05, 4.69) is 20.9 Å². The molecule has 2 rings (SSSR count). The second-order valence-corrected chi connectivity index (χ2v) is 7.47. The van der Waals surface area contributed by atoms with E-state index in [-0.39, 0.29) is 13.0 Å². The Labute approximate surface area is 180 Å². The molecule has 0 saturated carbocycles. The molecule has 0 aromatic heterocycles. The van der Waals surface area contributed by atoms with Crippen LogP contribution in [0.2, 0.25) is 0 Å². The molecule has 164 valence electrons. The van der Waals surface area contributed by atoms with E-state index in [1.165, 1.54) is 0 Å². The predicted octanol–water partition coefficient (Wildman–Crippen LogP) is 4.50. The molecule has 0 unspecified atom stereocenters. The highest BCUT2D eigenvalue weighted by Gasteiger charge is 2.16. The number of ether oxygens (including phenoxy) is 2. The number of carbonyl (C=O) groups is 3. The Balaban J connectivity index is 1.68. The van der Waals surface area contributed by atoms with Crippen LogP contribution in [0, 0.1) is 0 Å². The van der Waals surface area contributed by atoms with Crippen molar-refractivity contribution < 1.29 is 23.9 Å². The van der Waals surface area contributed by atoms with Crippen LogP contribution < -0.4 is 10.6 Å². The molecule has 9 heteroatoms. The second kappa shape index (κ2) is 11.4. The molecule has 2 amide bonds. The van der Waals surface area contributed by atoms with Crippen LogP contribution in [-0.2, 0) is 19.1 Å². The van der Waals surface area contributed by atoms with Crippen molar-refractivity contribution in [3.8, 4) is 0 Å². The van der Waals surface area contributed by atoms with Gasteiger partial charge in [0, 0.05) is 12.2 Å². The SMILES string of the molecule is CC(C)(C)OC(=O)NCCC(=O)OCC(=O)Nc1ccc(N=Nc2ccccc2)cc1. The maximum absolute atomic E-state index is 11.9. The molecule has 0 spiro atoms. The van der Waals surface area contributed by atoms with Crippen molar-refractivity contribution in [1.82, 2.24) is 5.32 Å². The standard InChI is InChI=1S/C22H26N4O5/c1-22(2,3)31-21(29)23-14-13-20(28)30-15-19(27)24-16-9-11-18(12-10-16)26-25-17-7-5-4-6-8-17/h4-12H,13-15H2,1-3H3,(H,23,29)(H,24,27). The molecule has 0 aliphatic carbocycles. The highest BCUT2D eigenvalue weighted by atomic mass is 16.6. The van der Waals surface area contributed by atoms with Gasteiger partial charge in [-0.3, -0.25) is 9.59 Å². The smallest absolute Gasteiger partial charge is 0.407 e. The van der Waals surface area contributed by atoms with E-state index in [9.17, 15) is 14.4 Å². The second-order valence-electron chi connectivity index (χ2n) is 7.47. The summed E-state index contributed by atoms with van der Waals surface area (Å²) in [4.78, 5) is 35.1. The molecule has 0 atom stereocenters. The summed E-state index contributed by atoms with van der Waals surface area (Å²) in [5, 5.41) is 13.3. The van der Waals surface area contributed by atoms with Gasteiger partial charge in [-0.15, -0.1) is 0 Å². The molecular weight excluding hydrogens is 400 g/mol. The van der Waals surface area contributed by atoms with Gasteiger partial charge in [-0.1, -0.05) is 18.2 Å². The van der Waals surface area contributed by atoms with E-state index >= 15 is 0 Å². The number of carbonyl (C=O) groups excluding carboxylic acids is 3. The van der Waals surface area contributed by atoms with Crippen LogP contribution in [0.15, 0.2) is 64.8 Å². The number of hydrogen-bond acceptors (Lipinski definition) is 7. The van der Waals surface area contributed by atoms with E-state index in [1.54, 1.807) is 45.0 Å². The molecule has 0 saturated heterocycles. The van der Waals surface area contributed by atoms with Crippen molar-refractivity contribution in [2.24, 2.45) is 10.2 Å². The monoisotopic (exact) mass is 426 g/mol. The Bertz CT molecular complexity index is 906. The normalized spacial score (nSPS) is 11.1. The fourth-order valence-corrected chi connectivity index (χ4v) is 2.22. The molecule has 2 N–H and O–H groups in total. The van der Waals surface area contributed by atoms with Crippen LogP contribution in [0.25, 0.3) is 0 Å². The zero-order valence-electron chi connectivity index (χ0n) is 17.8. The van der Waals surface area contributed by atoms with Gasteiger partial charge in [-0.25, -0.2) is 4.79 Å². The lowest BCUT2D eigenvalue weighted by atomic mass is 10.2. The van der Waals surface area contributed by atoms with Crippen LogP contribution >= 0.6 is 0 Å². The minimum atomic E-state index is -0.621. The van der Waals surface area contributed by atoms with E-state index in [0.29, 0.717) is 11.4 Å². The zero-order chi connectivity index (χ0) is 22.7. The van der Waals surface area contributed by atoms with Crippen molar-refractivity contribution in [2.45, 2.75) is 32.8 Å². The molecule has 2 aromatic carbocycles.